The van der Waals surface area contributed by atoms with Gasteiger partial charge in [0.1, 0.15) is 0 Å². The Bertz CT molecular complexity index is 747. The number of nitrogens with one attached hydrogen (secondary N) is 1. The third-order valence-corrected chi connectivity index (χ3v) is 5.28. The molecule has 2 aromatic rings. The van der Waals surface area contributed by atoms with E-state index in [1.54, 1.807) is 12.3 Å². The first-order chi connectivity index (χ1) is 13.0. The Balaban J connectivity index is 1.79. The number of anilines is 1. The minimum Gasteiger partial charge on any atom is -0.356 e. The summed E-state index contributed by atoms with van der Waals surface area (Å²) in [4.78, 5) is 19.9. The number of benzene rings is 1. The van der Waals surface area contributed by atoms with Gasteiger partial charge in [-0.3, -0.25) is 10.1 Å². The van der Waals surface area contributed by atoms with E-state index < -0.39 is 4.92 Å². The van der Waals surface area contributed by atoms with Gasteiger partial charge in [0.05, 0.1) is 11.0 Å². The number of likely N-dealkylation sites (N-methyl/N-ethyl adjacent to an activating group) is 1. The molecule has 7 heteroatoms. The number of rotatable bonds is 7. The second-order valence-corrected chi connectivity index (χ2v) is 7.21. The van der Waals surface area contributed by atoms with E-state index in [0.29, 0.717) is 11.9 Å². The molecular weight excluding hydrogens is 342 g/mol. The molecule has 0 amide bonds. The van der Waals surface area contributed by atoms with Crippen LogP contribution in [0.5, 0.6) is 0 Å². The second kappa shape index (κ2) is 8.92. The van der Waals surface area contributed by atoms with Crippen molar-refractivity contribution < 1.29 is 4.92 Å². The average Bonchev–Trinajstić information content (AvgIpc) is 2.69. The summed E-state index contributed by atoms with van der Waals surface area (Å²) in [5.74, 6) is 0.313. The second-order valence-electron chi connectivity index (χ2n) is 7.21. The summed E-state index contributed by atoms with van der Waals surface area (Å²) < 4.78 is 0. The third-order valence-electron chi connectivity index (χ3n) is 5.28. The highest BCUT2D eigenvalue weighted by Gasteiger charge is 2.25. The first kappa shape index (κ1) is 19.3. The molecule has 1 N–H and O–H groups in total. The zero-order valence-electron chi connectivity index (χ0n) is 15.9. The first-order valence-corrected chi connectivity index (χ1v) is 9.34. The van der Waals surface area contributed by atoms with Gasteiger partial charge < -0.3 is 15.1 Å². The van der Waals surface area contributed by atoms with Crippen molar-refractivity contribution in [3.63, 3.8) is 0 Å². The van der Waals surface area contributed by atoms with Crippen LogP contribution >= 0.6 is 0 Å². The first-order valence-electron chi connectivity index (χ1n) is 9.34. The van der Waals surface area contributed by atoms with Gasteiger partial charge in [-0.05, 0) is 51.7 Å². The minimum atomic E-state index is -0.391. The molecule has 0 bridgehead atoms. The van der Waals surface area contributed by atoms with Crippen molar-refractivity contribution in [3.8, 4) is 0 Å². The van der Waals surface area contributed by atoms with Crippen LogP contribution in [0.4, 0.5) is 11.5 Å². The lowest BCUT2D eigenvalue weighted by Gasteiger charge is -2.37. The topological polar surface area (TPSA) is 74.5 Å². The number of nitrogens with zero attached hydrogens (tertiary/aromatic N) is 4. The van der Waals surface area contributed by atoms with E-state index in [0.717, 1.165) is 38.0 Å². The van der Waals surface area contributed by atoms with Gasteiger partial charge >= 0.3 is 5.69 Å². The smallest absolute Gasteiger partial charge is 0.311 e. The molecule has 0 saturated carbocycles. The Morgan fingerprint density at radius 1 is 1.26 bits per heavy atom. The van der Waals surface area contributed by atoms with Crippen LogP contribution in [-0.2, 0) is 0 Å². The summed E-state index contributed by atoms with van der Waals surface area (Å²) in [6, 6.07) is 13.6. The van der Waals surface area contributed by atoms with Crippen LogP contribution in [0.25, 0.3) is 0 Å². The molecule has 7 nitrogen and oxygen atoms in total. The fourth-order valence-electron chi connectivity index (χ4n) is 3.61. The molecule has 1 atom stereocenters. The van der Waals surface area contributed by atoms with Gasteiger partial charge in [0.15, 0.2) is 0 Å². The number of piperidine rings is 1. The molecule has 1 aliphatic heterocycles. The minimum absolute atomic E-state index is 0.000348. The third kappa shape index (κ3) is 5.02. The molecule has 2 heterocycles. The predicted molar refractivity (Wildman–Crippen MR) is 107 cm³/mol. The highest BCUT2D eigenvalue weighted by Crippen LogP contribution is 2.27. The van der Waals surface area contributed by atoms with Gasteiger partial charge in [0.2, 0.25) is 5.82 Å². The van der Waals surface area contributed by atoms with Gasteiger partial charge in [0.25, 0.3) is 0 Å². The maximum Gasteiger partial charge on any atom is 0.311 e. The number of hydrogen-bond donors (Lipinski definition) is 1. The van der Waals surface area contributed by atoms with Crippen molar-refractivity contribution in [2.45, 2.75) is 24.9 Å². The molecule has 0 radical (unpaired) electrons. The fraction of sp³-hybridized carbons (Fsp3) is 0.450. The SMILES string of the molecule is CN1CCC(N(C)C[C@@H](Nc2ncccc2[N+](=O)[O-])c2ccccc2)CC1. The number of likely N-dealkylation sites (tertiary alicyclic amines) is 1. The Kier molecular flexibility index (Phi) is 6.36. The Labute approximate surface area is 160 Å². The normalized spacial score (nSPS) is 17.0. The zero-order chi connectivity index (χ0) is 19.2. The van der Waals surface area contributed by atoms with Crippen LogP contribution in [0.15, 0.2) is 48.7 Å². The van der Waals surface area contributed by atoms with Gasteiger partial charge in [0, 0.05) is 24.8 Å². The van der Waals surface area contributed by atoms with Gasteiger partial charge in [-0.15, -0.1) is 0 Å². The summed E-state index contributed by atoms with van der Waals surface area (Å²) >= 11 is 0. The van der Waals surface area contributed by atoms with E-state index in [9.17, 15) is 10.1 Å². The van der Waals surface area contributed by atoms with E-state index in [2.05, 4.69) is 46.3 Å². The lowest BCUT2D eigenvalue weighted by molar-refractivity contribution is -0.384. The number of aromatic nitrogens is 1. The van der Waals surface area contributed by atoms with E-state index in [1.807, 2.05) is 18.2 Å². The summed E-state index contributed by atoms with van der Waals surface area (Å²) in [6.45, 7) is 2.96. The van der Waals surface area contributed by atoms with Crippen molar-refractivity contribution in [1.82, 2.24) is 14.8 Å². The predicted octanol–water partition coefficient (Wildman–Crippen LogP) is 3.17. The van der Waals surface area contributed by atoms with Crippen LogP contribution in [0.1, 0.15) is 24.4 Å². The molecule has 1 aromatic heterocycles. The molecule has 27 heavy (non-hydrogen) atoms. The molecule has 0 spiro atoms. The van der Waals surface area contributed by atoms with Crippen molar-refractivity contribution in [3.05, 3.63) is 64.3 Å². The molecule has 1 fully saturated rings. The van der Waals surface area contributed by atoms with Crippen LogP contribution in [0, 0.1) is 10.1 Å². The van der Waals surface area contributed by atoms with E-state index in [1.165, 1.54) is 6.07 Å². The van der Waals surface area contributed by atoms with Crippen molar-refractivity contribution in [2.75, 3.05) is 39.0 Å². The van der Waals surface area contributed by atoms with Gasteiger partial charge in [-0.1, -0.05) is 30.3 Å². The quantitative estimate of drug-likeness (QED) is 0.597. The van der Waals surface area contributed by atoms with E-state index in [-0.39, 0.29) is 11.7 Å². The Hall–Kier alpha value is -2.51. The monoisotopic (exact) mass is 369 g/mol. The van der Waals surface area contributed by atoms with Crippen LogP contribution < -0.4 is 5.32 Å². The summed E-state index contributed by atoms with van der Waals surface area (Å²) in [6.07, 6.45) is 3.86. The zero-order valence-corrected chi connectivity index (χ0v) is 15.9. The van der Waals surface area contributed by atoms with Crippen LogP contribution in [0.2, 0.25) is 0 Å². The molecular formula is C20H27N5O2. The number of hydrogen-bond acceptors (Lipinski definition) is 6. The van der Waals surface area contributed by atoms with Crippen LogP contribution in [0.3, 0.4) is 0 Å². The Morgan fingerprint density at radius 2 is 1.96 bits per heavy atom. The molecule has 1 aliphatic rings. The van der Waals surface area contributed by atoms with E-state index in [4.69, 9.17) is 0 Å². The fourth-order valence-corrected chi connectivity index (χ4v) is 3.61. The average molecular weight is 369 g/mol. The maximum atomic E-state index is 11.4. The van der Waals surface area contributed by atoms with Crippen molar-refractivity contribution in [2.24, 2.45) is 0 Å². The number of nitro groups is 1. The molecule has 1 saturated heterocycles. The molecule has 0 unspecified atom stereocenters. The van der Waals surface area contributed by atoms with E-state index >= 15 is 0 Å². The molecule has 3 rings (SSSR count). The van der Waals surface area contributed by atoms with Crippen LogP contribution in [-0.4, -0.2) is 59.5 Å². The van der Waals surface area contributed by atoms with Gasteiger partial charge in [-0.25, -0.2) is 4.98 Å². The Morgan fingerprint density at radius 3 is 2.63 bits per heavy atom. The summed E-state index contributed by atoms with van der Waals surface area (Å²) in [7, 11) is 4.30. The molecule has 1 aromatic carbocycles. The molecule has 0 aliphatic carbocycles. The summed E-state index contributed by atoms with van der Waals surface area (Å²) in [5.41, 5.74) is 1.10. The highest BCUT2D eigenvalue weighted by atomic mass is 16.6. The van der Waals surface area contributed by atoms with Crippen molar-refractivity contribution >= 4 is 11.5 Å². The largest absolute Gasteiger partial charge is 0.356 e. The number of pyridine rings is 1. The van der Waals surface area contributed by atoms with Gasteiger partial charge in [-0.2, -0.15) is 0 Å². The summed E-state index contributed by atoms with van der Waals surface area (Å²) in [5, 5.41) is 14.7. The lowest BCUT2D eigenvalue weighted by atomic mass is 10.0. The van der Waals surface area contributed by atoms with Crippen molar-refractivity contribution in [1.29, 1.82) is 0 Å². The standard InChI is InChI=1S/C20H27N5O2/c1-23-13-10-17(11-14-23)24(2)15-18(16-7-4-3-5-8-16)22-20-19(25(26)27)9-6-12-21-20/h3-9,12,17-18H,10-11,13-15H2,1-2H3,(H,21,22)/t18-/m1/s1. The molecule has 144 valence electrons. The highest BCUT2D eigenvalue weighted by molar-refractivity contribution is 5.56. The maximum absolute atomic E-state index is 11.4. The lowest BCUT2D eigenvalue weighted by Crippen LogP contribution is -2.44.